The summed E-state index contributed by atoms with van der Waals surface area (Å²) in [4.78, 5) is 2.22. The van der Waals surface area contributed by atoms with Crippen LogP contribution in [0.2, 0.25) is 5.02 Å². The number of aliphatic hydroxyl groups is 1. The molecule has 3 nitrogen and oxygen atoms in total. The molecule has 0 saturated carbocycles. The van der Waals surface area contributed by atoms with E-state index in [1.54, 1.807) is 6.07 Å². The van der Waals surface area contributed by atoms with Crippen molar-refractivity contribution in [3.05, 3.63) is 28.8 Å². The van der Waals surface area contributed by atoms with Crippen molar-refractivity contribution in [3.63, 3.8) is 0 Å². The highest BCUT2D eigenvalue weighted by Gasteiger charge is 2.46. The first-order valence-corrected chi connectivity index (χ1v) is 7.49. The minimum absolute atomic E-state index is 0.0801. The maximum absolute atomic E-state index is 10.8. The largest absolute Gasteiger partial charge is 0.388 e. The molecule has 0 radical (unpaired) electrons. The first-order chi connectivity index (χ1) is 9.42. The summed E-state index contributed by atoms with van der Waals surface area (Å²) in [5, 5.41) is 20.2. The minimum Gasteiger partial charge on any atom is -0.388 e. The summed E-state index contributed by atoms with van der Waals surface area (Å²) in [6.45, 7) is 7.11. The molecular formula is C16H21ClN2O. The van der Waals surface area contributed by atoms with Gasteiger partial charge in [-0.15, -0.1) is 0 Å². The quantitative estimate of drug-likeness (QED) is 0.926. The second kappa shape index (κ2) is 5.63. The van der Waals surface area contributed by atoms with Crippen molar-refractivity contribution < 1.29 is 5.11 Å². The summed E-state index contributed by atoms with van der Waals surface area (Å²) in [5.74, 6) is 0.344. The van der Waals surface area contributed by atoms with E-state index in [-0.39, 0.29) is 6.04 Å². The highest BCUT2D eigenvalue weighted by molar-refractivity contribution is 6.32. The van der Waals surface area contributed by atoms with Crippen LogP contribution in [0.15, 0.2) is 18.2 Å². The number of halogens is 1. The molecule has 0 amide bonds. The molecule has 1 aromatic carbocycles. The normalized spacial score (nSPS) is 26.1. The van der Waals surface area contributed by atoms with Gasteiger partial charge in [0.25, 0.3) is 0 Å². The first-order valence-electron chi connectivity index (χ1n) is 7.11. The number of hydrogen-bond acceptors (Lipinski definition) is 3. The van der Waals surface area contributed by atoms with E-state index in [2.05, 4.69) is 24.8 Å². The monoisotopic (exact) mass is 292 g/mol. The van der Waals surface area contributed by atoms with Gasteiger partial charge in [0.15, 0.2) is 0 Å². The minimum atomic E-state index is -0.644. The van der Waals surface area contributed by atoms with E-state index in [1.165, 1.54) is 0 Å². The standard InChI is InChI=1S/C16H21ClN2O/c1-4-16(20)7-8-19(15(16)11(2)3)13-6-5-12(10-18)14(17)9-13/h5-6,9,11,15,20H,4,7-8H2,1-3H3/t15-,16-/m0/s1. The number of nitriles is 1. The molecule has 0 bridgehead atoms. The fraction of sp³-hybridized carbons (Fsp3) is 0.562. The molecule has 1 aromatic rings. The van der Waals surface area contributed by atoms with Crippen LogP contribution in [0.1, 0.15) is 39.2 Å². The molecular weight excluding hydrogens is 272 g/mol. The van der Waals surface area contributed by atoms with Crippen molar-refractivity contribution >= 4 is 17.3 Å². The zero-order chi connectivity index (χ0) is 14.9. The zero-order valence-corrected chi connectivity index (χ0v) is 13.0. The number of nitrogens with zero attached hydrogens (tertiary/aromatic N) is 2. The molecule has 20 heavy (non-hydrogen) atoms. The van der Waals surface area contributed by atoms with E-state index >= 15 is 0 Å². The smallest absolute Gasteiger partial charge is 0.101 e. The Morgan fingerprint density at radius 3 is 2.75 bits per heavy atom. The van der Waals surface area contributed by atoms with Crippen molar-refractivity contribution in [2.75, 3.05) is 11.4 Å². The highest BCUT2D eigenvalue weighted by atomic mass is 35.5. The van der Waals surface area contributed by atoms with Gasteiger partial charge in [-0.05, 0) is 37.0 Å². The van der Waals surface area contributed by atoms with E-state index in [4.69, 9.17) is 16.9 Å². The van der Waals surface area contributed by atoms with Crippen LogP contribution in [0, 0.1) is 17.2 Å². The Bertz CT molecular complexity index is 538. The van der Waals surface area contributed by atoms with Gasteiger partial charge in [-0.1, -0.05) is 32.4 Å². The number of rotatable bonds is 3. The topological polar surface area (TPSA) is 47.3 Å². The molecule has 1 saturated heterocycles. The molecule has 1 N–H and O–H groups in total. The molecule has 0 unspecified atom stereocenters. The lowest BCUT2D eigenvalue weighted by molar-refractivity contribution is 0.0148. The summed E-state index contributed by atoms with van der Waals surface area (Å²) >= 11 is 6.13. The van der Waals surface area contributed by atoms with Crippen molar-refractivity contribution in [1.29, 1.82) is 5.26 Å². The molecule has 1 heterocycles. The summed E-state index contributed by atoms with van der Waals surface area (Å²) < 4.78 is 0. The van der Waals surface area contributed by atoms with Gasteiger partial charge in [0.2, 0.25) is 0 Å². The van der Waals surface area contributed by atoms with Crippen LogP contribution < -0.4 is 4.90 Å². The molecule has 2 rings (SSSR count). The van der Waals surface area contributed by atoms with Crippen molar-refractivity contribution in [2.24, 2.45) is 5.92 Å². The van der Waals surface area contributed by atoms with Crippen LogP contribution in [0.4, 0.5) is 5.69 Å². The van der Waals surface area contributed by atoms with Crippen LogP contribution in [0.3, 0.4) is 0 Å². The lowest BCUT2D eigenvalue weighted by Crippen LogP contribution is -2.47. The summed E-state index contributed by atoms with van der Waals surface area (Å²) in [6, 6.07) is 7.65. The van der Waals surface area contributed by atoms with Crippen LogP contribution in [0.25, 0.3) is 0 Å². The zero-order valence-electron chi connectivity index (χ0n) is 12.2. The molecule has 0 aliphatic carbocycles. The Hall–Kier alpha value is -1.24. The Kier molecular flexibility index (Phi) is 4.27. The summed E-state index contributed by atoms with van der Waals surface area (Å²) in [6.07, 6.45) is 1.51. The average molecular weight is 293 g/mol. The van der Waals surface area contributed by atoms with Gasteiger partial charge < -0.3 is 10.0 Å². The van der Waals surface area contributed by atoms with Crippen LogP contribution in [-0.4, -0.2) is 23.3 Å². The van der Waals surface area contributed by atoms with E-state index in [0.717, 1.165) is 25.1 Å². The van der Waals surface area contributed by atoms with Gasteiger partial charge in [-0.3, -0.25) is 0 Å². The van der Waals surface area contributed by atoms with E-state index in [9.17, 15) is 5.11 Å². The summed E-state index contributed by atoms with van der Waals surface area (Å²) in [5.41, 5.74) is 0.827. The highest BCUT2D eigenvalue weighted by Crippen LogP contribution is 2.39. The second-order valence-corrected chi connectivity index (χ2v) is 6.27. The summed E-state index contributed by atoms with van der Waals surface area (Å²) in [7, 11) is 0. The SMILES string of the molecule is CC[C@]1(O)CCN(c2ccc(C#N)c(Cl)c2)[C@H]1C(C)C. The second-order valence-electron chi connectivity index (χ2n) is 5.87. The van der Waals surface area contributed by atoms with E-state index in [0.29, 0.717) is 16.5 Å². The first kappa shape index (κ1) is 15.2. The predicted molar refractivity (Wildman–Crippen MR) is 82.0 cm³/mol. The Balaban J connectivity index is 2.38. The van der Waals surface area contributed by atoms with Gasteiger partial charge in [-0.25, -0.2) is 0 Å². The van der Waals surface area contributed by atoms with Crippen molar-refractivity contribution in [2.45, 2.75) is 45.3 Å². The van der Waals surface area contributed by atoms with Crippen LogP contribution in [-0.2, 0) is 0 Å². The Labute approximate surface area is 125 Å². The fourth-order valence-electron chi connectivity index (χ4n) is 3.32. The van der Waals surface area contributed by atoms with Crippen molar-refractivity contribution in [3.8, 4) is 6.07 Å². The van der Waals surface area contributed by atoms with Gasteiger partial charge in [-0.2, -0.15) is 5.26 Å². The lowest BCUT2D eigenvalue weighted by Gasteiger charge is -2.37. The third-order valence-corrected chi connectivity index (χ3v) is 4.63. The number of hydrogen-bond donors (Lipinski definition) is 1. The van der Waals surface area contributed by atoms with E-state index < -0.39 is 5.60 Å². The molecule has 0 aromatic heterocycles. The van der Waals surface area contributed by atoms with Gasteiger partial charge in [0.1, 0.15) is 6.07 Å². The molecule has 1 fully saturated rings. The molecule has 4 heteroatoms. The Morgan fingerprint density at radius 1 is 1.55 bits per heavy atom. The third-order valence-electron chi connectivity index (χ3n) is 4.32. The number of anilines is 1. The average Bonchev–Trinajstić information content (AvgIpc) is 2.77. The molecule has 108 valence electrons. The van der Waals surface area contributed by atoms with Crippen LogP contribution in [0.5, 0.6) is 0 Å². The molecule has 1 aliphatic heterocycles. The molecule has 0 spiro atoms. The van der Waals surface area contributed by atoms with Gasteiger partial charge in [0, 0.05) is 12.2 Å². The molecule has 1 aliphatic rings. The lowest BCUT2D eigenvalue weighted by atomic mass is 9.84. The fourth-order valence-corrected chi connectivity index (χ4v) is 3.54. The maximum Gasteiger partial charge on any atom is 0.101 e. The molecule has 2 atom stereocenters. The van der Waals surface area contributed by atoms with Gasteiger partial charge >= 0.3 is 0 Å². The van der Waals surface area contributed by atoms with Crippen molar-refractivity contribution in [1.82, 2.24) is 0 Å². The van der Waals surface area contributed by atoms with Gasteiger partial charge in [0.05, 0.1) is 22.2 Å². The maximum atomic E-state index is 10.8. The third kappa shape index (κ3) is 2.51. The predicted octanol–water partition coefficient (Wildman–Crippen LogP) is 3.59. The number of benzene rings is 1. The van der Waals surface area contributed by atoms with E-state index in [1.807, 2.05) is 19.1 Å². The Morgan fingerprint density at radius 2 is 2.25 bits per heavy atom. The van der Waals surface area contributed by atoms with Crippen LogP contribution >= 0.6 is 11.6 Å².